The molecular formula is C20H17ClFN3O2. The minimum atomic E-state index is -1.15. The summed E-state index contributed by atoms with van der Waals surface area (Å²) >= 11 is 6.62. The van der Waals surface area contributed by atoms with Crippen LogP contribution in [0.4, 0.5) is 4.39 Å². The van der Waals surface area contributed by atoms with Gasteiger partial charge >= 0.3 is 0 Å². The van der Waals surface area contributed by atoms with Gasteiger partial charge in [0.2, 0.25) is 6.79 Å². The van der Waals surface area contributed by atoms with Crippen molar-refractivity contribution in [2.45, 2.75) is 24.9 Å². The first kappa shape index (κ1) is 16.6. The zero-order chi connectivity index (χ0) is 18.6. The second-order valence-corrected chi connectivity index (χ2v) is 7.43. The monoisotopic (exact) mass is 385 g/mol. The fourth-order valence-electron chi connectivity index (χ4n) is 3.71. The van der Waals surface area contributed by atoms with Crippen LogP contribution in [0.3, 0.4) is 0 Å². The summed E-state index contributed by atoms with van der Waals surface area (Å²) in [5.41, 5.74) is 1.16. The molecule has 5 rings (SSSR count). The molecule has 2 unspecified atom stereocenters. The fraction of sp³-hybridized carbons (Fsp3) is 0.300. The SMILES string of the molecule is C=CCC1(F)CC1Cc1nnc2c(Cl)c(-c3ccc4c(c3)OCO4)ccn12. The van der Waals surface area contributed by atoms with E-state index in [1.165, 1.54) is 0 Å². The maximum Gasteiger partial charge on any atom is 0.231 e. The maximum atomic E-state index is 14.5. The van der Waals surface area contributed by atoms with Gasteiger partial charge in [0.05, 0.1) is 5.02 Å². The third-order valence-corrected chi connectivity index (χ3v) is 5.72. The molecule has 0 radical (unpaired) electrons. The largest absolute Gasteiger partial charge is 0.454 e. The van der Waals surface area contributed by atoms with Crippen molar-refractivity contribution < 1.29 is 13.9 Å². The van der Waals surface area contributed by atoms with E-state index in [9.17, 15) is 4.39 Å². The summed E-state index contributed by atoms with van der Waals surface area (Å²) in [7, 11) is 0. The van der Waals surface area contributed by atoms with Gasteiger partial charge < -0.3 is 9.47 Å². The van der Waals surface area contributed by atoms with Crippen LogP contribution in [-0.2, 0) is 6.42 Å². The van der Waals surface area contributed by atoms with E-state index in [2.05, 4.69) is 16.8 Å². The number of hydrogen-bond donors (Lipinski definition) is 0. The topological polar surface area (TPSA) is 48.7 Å². The van der Waals surface area contributed by atoms with E-state index in [0.717, 1.165) is 22.7 Å². The van der Waals surface area contributed by atoms with Gasteiger partial charge in [-0.25, -0.2) is 4.39 Å². The van der Waals surface area contributed by atoms with Crippen LogP contribution < -0.4 is 9.47 Å². The van der Waals surface area contributed by atoms with Crippen molar-refractivity contribution in [3.05, 3.63) is 54.0 Å². The van der Waals surface area contributed by atoms with Crippen molar-refractivity contribution in [3.63, 3.8) is 0 Å². The van der Waals surface area contributed by atoms with Gasteiger partial charge in [0, 0.05) is 24.1 Å². The highest BCUT2D eigenvalue weighted by atomic mass is 35.5. The second-order valence-electron chi connectivity index (χ2n) is 7.05. The van der Waals surface area contributed by atoms with Crippen LogP contribution in [0.15, 0.2) is 43.1 Å². The first-order valence-corrected chi connectivity index (χ1v) is 9.19. The lowest BCUT2D eigenvalue weighted by molar-refractivity contribution is 0.174. The Balaban J connectivity index is 1.47. The van der Waals surface area contributed by atoms with Gasteiger partial charge in [-0.15, -0.1) is 16.8 Å². The third-order valence-electron chi connectivity index (χ3n) is 5.34. The van der Waals surface area contributed by atoms with Crippen LogP contribution in [0.25, 0.3) is 16.8 Å². The molecule has 0 spiro atoms. The summed E-state index contributed by atoms with van der Waals surface area (Å²) in [5.74, 6) is 2.09. The van der Waals surface area contributed by atoms with Crippen molar-refractivity contribution in [2.75, 3.05) is 6.79 Å². The predicted molar refractivity (Wildman–Crippen MR) is 100 cm³/mol. The lowest BCUT2D eigenvalue weighted by Crippen LogP contribution is -2.06. The summed E-state index contributed by atoms with van der Waals surface area (Å²) in [6.07, 6.45) is 4.97. The van der Waals surface area contributed by atoms with Gasteiger partial charge in [-0.2, -0.15) is 0 Å². The summed E-state index contributed by atoms with van der Waals surface area (Å²) in [6.45, 7) is 3.86. The van der Waals surface area contributed by atoms with E-state index in [-0.39, 0.29) is 12.7 Å². The van der Waals surface area contributed by atoms with Gasteiger partial charge in [0.15, 0.2) is 17.1 Å². The number of halogens is 2. The number of rotatable bonds is 5. The molecule has 3 heterocycles. The van der Waals surface area contributed by atoms with Crippen molar-refractivity contribution in [1.82, 2.24) is 14.6 Å². The second kappa shape index (κ2) is 5.96. The molecule has 0 N–H and O–H groups in total. The van der Waals surface area contributed by atoms with Crippen molar-refractivity contribution in [3.8, 4) is 22.6 Å². The molecule has 2 aromatic heterocycles. The van der Waals surface area contributed by atoms with Crippen LogP contribution in [0.5, 0.6) is 11.5 Å². The molecule has 27 heavy (non-hydrogen) atoms. The van der Waals surface area contributed by atoms with E-state index < -0.39 is 5.67 Å². The van der Waals surface area contributed by atoms with Gasteiger partial charge in [-0.3, -0.25) is 4.40 Å². The Labute approximate surface area is 160 Å². The van der Waals surface area contributed by atoms with Crippen LogP contribution in [0.2, 0.25) is 5.02 Å². The van der Waals surface area contributed by atoms with E-state index in [1.54, 1.807) is 6.08 Å². The van der Waals surface area contributed by atoms with E-state index in [0.29, 0.717) is 35.7 Å². The Bertz CT molecular complexity index is 1070. The summed E-state index contributed by atoms with van der Waals surface area (Å²) in [6, 6.07) is 7.60. The molecule has 5 nitrogen and oxygen atoms in total. The molecular weight excluding hydrogens is 369 g/mol. The van der Waals surface area contributed by atoms with E-state index >= 15 is 0 Å². The quantitative estimate of drug-likeness (QED) is 0.601. The van der Waals surface area contributed by atoms with Crippen molar-refractivity contribution >= 4 is 17.2 Å². The standard InChI is InChI=1S/C20H17ClFN3O2/c1-2-6-20(22)10-13(20)9-17-23-24-19-18(21)14(5-7-25(17)19)12-3-4-15-16(8-12)27-11-26-15/h2-5,7-8,13H,1,6,9-11H2. The van der Waals surface area contributed by atoms with Gasteiger partial charge in [-0.1, -0.05) is 23.7 Å². The highest BCUT2D eigenvalue weighted by Crippen LogP contribution is 2.51. The normalized spacial score (nSPS) is 23.0. The van der Waals surface area contributed by atoms with Crippen LogP contribution in [0, 0.1) is 5.92 Å². The molecule has 2 aliphatic rings. The van der Waals surface area contributed by atoms with Gasteiger partial charge in [0.25, 0.3) is 0 Å². The third kappa shape index (κ3) is 2.67. The van der Waals surface area contributed by atoms with Crippen LogP contribution in [-0.4, -0.2) is 27.1 Å². The number of hydrogen-bond acceptors (Lipinski definition) is 4. The molecule has 138 valence electrons. The Morgan fingerprint density at radius 1 is 1.30 bits per heavy atom. The smallest absolute Gasteiger partial charge is 0.231 e. The highest BCUT2D eigenvalue weighted by Gasteiger charge is 2.54. The summed E-state index contributed by atoms with van der Waals surface area (Å²) in [4.78, 5) is 0. The lowest BCUT2D eigenvalue weighted by Gasteiger charge is -2.08. The molecule has 1 aliphatic heterocycles. The molecule has 3 aromatic rings. The number of nitrogens with zero attached hydrogens (tertiary/aromatic N) is 3. The zero-order valence-electron chi connectivity index (χ0n) is 14.5. The molecule has 0 bridgehead atoms. The summed E-state index contributed by atoms with van der Waals surface area (Å²) < 4.78 is 27.1. The molecule has 1 saturated carbocycles. The molecule has 1 aromatic carbocycles. The van der Waals surface area contributed by atoms with Crippen molar-refractivity contribution in [2.24, 2.45) is 5.92 Å². The van der Waals surface area contributed by atoms with Gasteiger partial charge in [-0.05, 0) is 36.6 Å². The van der Waals surface area contributed by atoms with Crippen LogP contribution >= 0.6 is 11.6 Å². The molecule has 0 amide bonds. The Hall–Kier alpha value is -2.60. The average Bonchev–Trinajstić information content (AvgIpc) is 3.03. The van der Waals surface area contributed by atoms with Crippen molar-refractivity contribution in [1.29, 1.82) is 0 Å². The Morgan fingerprint density at radius 3 is 3.00 bits per heavy atom. The predicted octanol–water partition coefficient (Wildman–Crippen LogP) is 4.63. The molecule has 0 saturated heterocycles. The first-order chi connectivity index (χ1) is 13.1. The number of fused-ring (bicyclic) bond motifs is 2. The molecule has 7 heteroatoms. The average molecular weight is 386 g/mol. The number of aromatic nitrogens is 3. The number of ether oxygens (including phenoxy) is 2. The van der Waals surface area contributed by atoms with Gasteiger partial charge in [0.1, 0.15) is 11.5 Å². The molecule has 2 atom stereocenters. The van der Waals surface area contributed by atoms with Crippen LogP contribution in [0.1, 0.15) is 18.7 Å². The molecule has 1 fully saturated rings. The molecule has 1 aliphatic carbocycles. The number of pyridine rings is 1. The maximum absolute atomic E-state index is 14.5. The first-order valence-electron chi connectivity index (χ1n) is 8.81. The van der Waals surface area contributed by atoms with E-state index in [4.69, 9.17) is 21.1 Å². The Morgan fingerprint density at radius 2 is 2.15 bits per heavy atom. The number of alkyl halides is 1. The highest BCUT2D eigenvalue weighted by molar-refractivity contribution is 6.36. The fourth-order valence-corrected chi connectivity index (χ4v) is 4.02. The van der Waals surface area contributed by atoms with E-state index in [1.807, 2.05) is 34.9 Å². The number of benzene rings is 1. The zero-order valence-corrected chi connectivity index (χ0v) is 15.2. The minimum Gasteiger partial charge on any atom is -0.454 e. The Kier molecular flexibility index (Phi) is 3.65. The summed E-state index contributed by atoms with van der Waals surface area (Å²) in [5, 5.41) is 8.98. The lowest BCUT2D eigenvalue weighted by atomic mass is 10.1. The number of allylic oxidation sites excluding steroid dienone is 1. The minimum absolute atomic E-state index is 0.0461.